The van der Waals surface area contributed by atoms with E-state index in [2.05, 4.69) is 36.2 Å². The monoisotopic (exact) mass is 296 g/mol. The maximum atomic E-state index is 11.5. The SMILES string of the molecule is CCN(CC)Cc1cccc(NC2CCS(=O)(=O)C2)c1. The van der Waals surface area contributed by atoms with E-state index in [9.17, 15) is 8.42 Å². The minimum Gasteiger partial charge on any atom is -0.381 e. The molecule has 0 bridgehead atoms. The van der Waals surface area contributed by atoms with E-state index >= 15 is 0 Å². The molecule has 1 aromatic carbocycles. The van der Waals surface area contributed by atoms with E-state index in [1.165, 1.54) is 5.56 Å². The van der Waals surface area contributed by atoms with Crippen molar-refractivity contribution in [2.24, 2.45) is 0 Å². The smallest absolute Gasteiger partial charge is 0.152 e. The average molecular weight is 296 g/mol. The molecule has 0 aliphatic carbocycles. The number of hydrogen-bond donors (Lipinski definition) is 1. The second-order valence-corrected chi connectivity index (χ2v) is 7.63. The zero-order valence-electron chi connectivity index (χ0n) is 12.3. The Kier molecular flexibility index (Phi) is 5.05. The number of nitrogens with zero attached hydrogens (tertiary/aromatic N) is 1. The van der Waals surface area contributed by atoms with Gasteiger partial charge < -0.3 is 5.32 Å². The number of rotatable bonds is 6. The van der Waals surface area contributed by atoms with Crippen LogP contribution in [0.25, 0.3) is 0 Å². The molecule has 1 fully saturated rings. The van der Waals surface area contributed by atoms with Crippen molar-refractivity contribution < 1.29 is 8.42 Å². The molecule has 0 amide bonds. The van der Waals surface area contributed by atoms with Gasteiger partial charge in [-0.25, -0.2) is 8.42 Å². The minimum atomic E-state index is -2.82. The van der Waals surface area contributed by atoms with Gasteiger partial charge in [0.05, 0.1) is 11.5 Å². The van der Waals surface area contributed by atoms with Crippen molar-refractivity contribution in [3.63, 3.8) is 0 Å². The van der Waals surface area contributed by atoms with Crippen molar-refractivity contribution in [2.75, 3.05) is 29.9 Å². The number of anilines is 1. The summed E-state index contributed by atoms with van der Waals surface area (Å²) in [5, 5.41) is 3.35. The van der Waals surface area contributed by atoms with Crippen molar-refractivity contribution in [2.45, 2.75) is 32.9 Å². The van der Waals surface area contributed by atoms with Gasteiger partial charge in [-0.15, -0.1) is 0 Å². The predicted octanol–water partition coefficient (Wildman–Crippen LogP) is 2.13. The van der Waals surface area contributed by atoms with Crippen LogP contribution in [0.3, 0.4) is 0 Å². The van der Waals surface area contributed by atoms with Crippen LogP contribution in [0.15, 0.2) is 24.3 Å². The number of hydrogen-bond acceptors (Lipinski definition) is 4. The predicted molar refractivity (Wildman–Crippen MR) is 83.7 cm³/mol. The molecule has 1 aromatic rings. The number of nitrogens with one attached hydrogen (secondary N) is 1. The molecule has 1 saturated heterocycles. The molecule has 5 heteroatoms. The van der Waals surface area contributed by atoms with Gasteiger partial charge in [-0.05, 0) is 37.2 Å². The fourth-order valence-electron chi connectivity index (χ4n) is 2.61. The molecule has 20 heavy (non-hydrogen) atoms. The summed E-state index contributed by atoms with van der Waals surface area (Å²) in [7, 11) is -2.82. The zero-order chi connectivity index (χ0) is 14.6. The fourth-order valence-corrected chi connectivity index (χ4v) is 4.28. The van der Waals surface area contributed by atoms with Crippen LogP contribution in [0.1, 0.15) is 25.8 Å². The molecule has 0 saturated carbocycles. The maximum Gasteiger partial charge on any atom is 0.152 e. The third-order valence-electron chi connectivity index (χ3n) is 3.83. The molecule has 1 aliphatic heterocycles. The van der Waals surface area contributed by atoms with Crippen LogP contribution in [0.4, 0.5) is 5.69 Å². The molecule has 1 heterocycles. The van der Waals surface area contributed by atoms with Crippen molar-refractivity contribution in [1.29, 1.82) is 0 Å². The normalized spacial score (nSPS) is 21.2. The van der Waals surface area contributed by atoms with Gasteiger partial charge in [0.2, 0.25) is 0 Å². The van der Waals surface area contributed by atoms with E-state index in [1.807, 2.05) is 12.1 Å². The Hall–Kier alpha value is -1.07. The van der Waals surface area contributed by atoms with Gasteiger partial charge in [0.25, 0.3) is 0 Å². The summed E-state index contributed by atoms with van der Waals surface area (Å²) in [6.07, 6.45) is 0.711. The third-order valence-corrected chi connectivity index (χ3v) is 5.60. The van der Waals surface area contributed by atoms with Crippen LogP contribution < -0.4 is 5.32 Å². The molecule has 1 aliphatic rings. The van der Waals surface area contributed by atoms with Gasteiger partial charge >= 0.3 is 0 Å². The fraction of sp³-hybridized carbons (Fsp3) is 0.600. The molecule has 0 spiro atoms. The lowest BCUT2D eigenvalue weighted by molar-refractivity contribution is 0.296. The summed E-state index contributed by atoms with van der Waals surface area (Å²) < 4.78 is 22.9. The van der Waals surface area contributed by atoms with Gasteiger partial charge in [-0.2, -0.15) is 0 Å². The van der Waals surface area contributed by atoms with Crippen LogP contribution in [-0.2, 0) is 16.4 Å². The lowest BCUT2D eigenvalue weighted by atomic mass is 10.1. The van der Waals surface area contributed by atoms with Gasteiger partial charge in [0, 0.05) is 18.3 Å². The largest absolute Gasteiger partial charge is 0.381 e. The Labute approximate surface area is 122 Å². The van der Waals surface area contributed by atoms with E-state index in [1.54, 1.807) is 0 Å². The molecule has 1 atom stereocenters. The molecule has 0 aromatic heterocycles. The summed E-state index contributed by atoms with van der Waals surface area (Å²) >= 11 is 0. The molecule has 112 valence electrons. The quantitative estimate of drug-likeness (QED) is 0.873. The first-order chi connectivity index (χ1) is 9.52. The first-order valence-electron chi connectivity index (χ1n) is 7.30. The first-order valence-corrected chi connectivity index (χ1v) is 9.13. The third kappa shape index (κ3) is 4.21. The molecule has 4 nitrogen and oxygen atoms in total. The Bertz CT molecular complexity index is 539. The summed E-state index contributed by atoms with van der Waals surface area (Å²) in [5.41, 5.74) is 2.29. The lowest BCUT2D eigenvalue weighted by Gasteiger charge is -2.19. The van der Waals surface area contributed by atoms with Crippen molar-refractivity contribution in [1.82, 2.24) is 4.90 Å². The Balaban J connectivity index is 1.99. The van der Waals surface area contributed by atoms with Crippen LogP contribution in [0.2, 0.25) is 0 Å². The van der Waals surface area contributed by atoms with Gasteiger partial charge in [-0.3, -0.25) is 4.90 Å². The zero-order valence-corrected chi connectivity index (χ0v) is 13.1. The highest BCUT2D eigenvalue weighted by atomic mass is 32.2. The first kappa shape index (κ1) is 15.3. The molecule has 2 rings (SSSR count). The van der Waals surface area contributed by atoms with E-state index in [0.717, 1.165) is 25.3 Å². The van der Waals surface area contributed by atoms with Crippen LogP contribution in [0, 0.1) is 0 Å². The molecule has 1 unspecified atom stereocenters. The molecular formula is C15H24N2O2S. The van der Waals surface area contributed by atoms with Crippen LogP contribution in [-0.4, -0.2) is 44.0 Å². The van der Waals surface area contributed by atoms with Gasteiger partial charge in [-0.1, -0.05) is 26.0 Å². The number of benzene rings is 1. The molecule has 1 N–H and O–H groups in total. The summed E-state index contributed by atoms with van der Waals surface area (Å²) in [6.45, 7) is 7.33. The molecule has 0 radical (unpaired) electrons. The highest BCUT2D eigenvalue weighted by molar-refractivity contribution is 7.91. The van der Waals surface area contributed by atoms with Crippen LogP contribution >= 0.6 is 0 Å². The van der Waals surface area contributed by atoms with Gasteiger partial charge in [0.1, 0.15) is 0 Å². The van der Waals surface area contributed by atoms with E-state index in [0.29, 0.717) is 12.2 Å². The highest BCUT2D eigenvalue weighted by Crippen LogP contribution is 2.19. The van der Waals surface area contributed by atoms with Crippen molar-refractivity contribution in [3.05, 3.63) is 29.8 Å². The highest BCUT2D eigenvalue weighted by Gasteiger charge is 2.27. The number of sulfone groups is 1. The standard InChI is InChI=1S/C15H24N2O2S/c1-3-17(4-2)11-13-6-5-7-14(10-13)16-15-8-9-20(18,19)12-15/h5-7,10,15-16H,3-4,8-9,11-12H2,1-2H3. The Morgan fingerprint density at radius 3 is 2.65 bits per heavy atom. The second-order valence-electron chi connectivity index (χ2n) is 5.41. The Morgan fingerprint density at radius 1 is 1.30 bits per heavy atom. The lowest BCUT2D eigenvalue weighted by Crippen LogP contribution is -2.23. The average Bonchev–Trinajstić information content (AvgIpc) is 2.75. The topological polar surface area (TPSA) is 49.4 Å². The minimum absolute atomic E-state index is 0.0590. The summed E-state index contributed by atoms with van der Waals surface area (Å²) in [6, 6.07) is 8.35. The van der Waals surface area contributed by atoms with E-state index < -0.39 is 9.84 Å². The van der Waals surface area contributed by atoms with Crippen molar-refractivity contribution >= 4 is 15.5 Å². The van der Waals surface area contributed by atoms with Crippen molar-refractivity contribution in [3.8, 4) is 0 Å². The summed E-state index contributed by atoms with van der Waals surface area (Å²) in [4.78, 5) is 2.36. The van der Waals surface area contributed by atoms with Crippen LogP contribution in [0.5, 0.6) is 0 Å². The summed E-state index contributed by atoms with van der Waals surface area (Å²) in [5.74, 6) is 0.567. The molecular weight excluding hydrogens is 272 g/mol. The Morgan fingerprint density at radius 2 is 2.05 bits per heavy atom. The second kappa shape index (κ2) is 6.59. The van der Waals surface area contributed by atoms with E-state index in [4.69, 9.17) is 0 Å². The van der Waals surface area contributed by atoms with Gasteiger partial charge in [0.15, 0.2) is 9.84 Å². The van der Waals surface area contributed by atoms with E-state index in [-0.39, 0.29) is 11.8 Å². The maximum absolute atomic E-state index is 11.5.